The van der Waals surface area contributed by atoms with Gasteiger partial charge >= 0.3 is 5.97 Å². The summed E-state index contributed by atoms with van der Waals surface area (Å²) in [6.45, 7) is 5.45. The van der Waals surface area contributed by atoms with Crippen molar-refractivity contribution in [2.45, 2.75) is 26.3 Å². The largest absolute Gasteiger partial charge is 0.468 e. The molecule has 2 unspecified atom stereocenters. The molecular formula is C10H19NO3. The van der Waals surface area contributed by atoms with E-state index in [9.17, 15) is 4.79 Å². The Morgan fingerprint density at radius 2 is 2.29 bits per heavy atom. The fourth-order valence-corrected chi connectivity index (χ4v) is 1.81. The zero-order chi connectivity index (χ0) is 10.8. The highest BCUT2D eigenvalue weighted by molar-refractivity contribution is 5.76. The fourth-order valence-electron chi connectivity index (χ4n) is 1.81. The normalized spacial score (nSPS) is 24.7. The van der Waals surface area contributed by atoms with E-state index in [0.29, 0.717) is 12.5 Å². The number of nitrogens with two attached hydrogens (primary N) is 1. The molecule has 1 aliphatic rings. The van der Waals surface area contributed by atoms with Gasteiger partial charge in [0.15, 0.2) is 0 Å². The lowest BCUT2D eigenvalue weighted by Gasteiger charge is -2.34. The van der Waals surface area contributed by atoms with Gasteiger partial charge < -0.3 is 15.2 Å². The molecule has 1 saturated heterocycles. The topological polar surface area (TPSA) is 61.5 Å². The van der Waals surface area contributed by atoms with E-state index in [2.05, 4.69) is 4.74 Å². The Labute approximate surface area is 84.7 Å². The van der Waals surface area contributed by atoms with Crippen LogP contribution in [0.15, 0.2) is 0 Å². The molecule has 1 heterocycles. The van der Waals surface area contributed by atoms with Crippen LogP contribution < -0.4 is 5.73 Å². The molecule has 2 atom stereocenters. The van der Waals surface area contributed by atoms with Crippen molar-refractivity contribution < 1.29 is 14.3 Å². The van der Waals surface area contributed by atoms with Crippen LogP contribution >= 0.6 is 0 Å². The molecule has 0 spiro atoms. The Balaban J connectivity index is 2.66. The minimum atomic E-state index is -0.570. The molecule has 0 aliphatic carbocycles. The SMILES string of the molecule is COC(=O)C(N)C(C)(C)C1CCOC1. The first-order valence-corrected chi connectivity index (χ1v) is 4.91. The molecule has 0 aromatic heterocycles. The van der Waals surface area contributed by atoms with Crippen molar-refractivity contribution in [3.05, 3.63) is 0 Å². The molecule has 4 nitrogen and oxygen atoms in total. The van der Waals surface area contributed by atoms with E-state index in [1.54, 1.807) is 0 Å². The standard InChI is InChI=1S/C10H19NO3/c1-10(2,7-4-5-14-6-7)8(11)9(12)13-3/h7-8H,4-6,11H2,1-3H3. The monoisotopic (exact) mass is 201 g/mol. The summed E-state index contributed by atoms with van der Waals surface area (Å²) in [5.74, 6) is -0.00139. The minimum Gasteiger partial charge on any atom is -0.468 e. The van der Waals surface area contributed by atoms with Crippen molar-refractivity contribution in [2.75, 3.05) is 20.3 Å². The van der Waals surface area contributed by atoms with Gasteiger partial charge in [0, 0.05) is 6.61 Å². The van der Waals surface area contributed by atoms with Crippen LogP contribution in [0.1, 0.15) is 20.3 Å². The molecule has 1 aliphatic heterocycles. The molecule has 14 heavy (non-hydrogen) atoms. The molecular weight excluding hydrogens is 182 g/mol. The number of carbonyl (C=O) groups is 1. The number of carbonyl (C=O) groups excluding carboxylic acids is 1. The maximum absolute atomic E-state index is 11.3. The molecule has 4 heteroatoms. The van der Waals surface area contributed by atoms with E-state index in [1.807, 2.05) is 13.8 Å². The van der Waals surface area contributed by atoms with Crippen LogP contribution in [-0.4, -0.2) is 32.3 Å². The predicted molar refractivity (Wildman–Crippen MR) is 52.7 cm³/mol. The predicted octanol–water partition coefficient (Wildman–Crippen LogP) is 0.549. The number of rotatable bonds is 3. The van der Waals surface area contributed by atoms with Crippen LogP contribution in [0.5, 0.6) is 0 Å². The van der Waals surface area contributed by atoms with Gasteiger partial charge in [-0.15, -0.1) is 0 Å². The second-order valence-corrected chi connectivity index (χ2v) is 4.38. The molecule has 0 saturated carbocycles. The second-order valence-electron chi connectivity index (χ2n) is 4.38. The molecule has 2 N–H and O–H groups in total. The summed E-state index contributed by atoms with van der Waals surface area (Å²) in [6, 6.07) is -0.570. The third kappa shape index (κ3) is 2.07. The lowest BCUT2D eigenvalue weighted by atomic mass is 9.73. The van der Waals surface area contributed by atoms with Crippen molar-refractivity contribution in [3.8, 4) is 0 Å². The molecule has 0 aromatic carbocycles. The van der Waals surface area contributed by atoms with Gasteiger partial charge in [-0.25, -0.2) is 0 Å². The first-order valence-electron chi connectivity index (χ1n) is 4.91. The molecule has 0 radical (unpaired) electrons. The van der Waals surface area contributed by atoms with E-state index >= 15 is 0 Å². The average Bonchev–Trinajstić information content (AvgIpc) is 2.68. The molecule has 0 amide bonds. The number of esters is 1. The van der Waals surface area contributed by atoms with Crippen LogP contribution in [0.2, 0.25) is 0 Å². The van der Waals surface area contributed by atoms with Gasteiger partial charge in [-0.05, 0) is 17.8 Å². The maximum atomic E-state index is 11.3. The van der Waals surface area contributed by atoms with Crippen LogP contribution in [0, 0.1) is 11.3 Å². The molecule has 0 bridgehead atoms. The van der Waals surface area contributed by atoms with Crippen molar-refractivity contribution in [2.24, 2.45) is 17.1 Å². The van der Waals surface area contributed by atoms with E-state index in [-0.39, 0.29) is 11.4 Å². The Hall–Kier alpha value is -0.610. The molecule has 1 fully saturated rings. The average molecular weight is 201 g/mol. The van der Waals surface area contributed by atoms with Crippen molar-refractivity contribution in [3.63, 3.8) is 0 Å². The summed E-state index contributed by atoms with van der Waals surface area (Å²) in [7, 11) is 1.36. The summed E-state index contributed by atoms with van der Waals surface area (Å²) < 4.78 is 9.95. The van der Waals surface area contributed by atoms with E-state index < -0.39 is 6.04 Å². The third-order valence-electron chi connectivity index (χ3n) is 3.24. The first-order chi connectivity index (χ1) is 6.50. The summed E-state index contributed by atoms with van der Waals surface area (Å²) in [5.41, 5.74) is 5.59. The highest BCUT2D eigenvalue weighted by Crippen LogP contribution is 2.35. The van der Waals surface area contributed by atoms with Gasteiger partial charge in [0.1, 0.15) is 6.04 Å². The van der Waals surface area contributed by atoms with Gasteiger partial charge in [0.25, 0.3) is 0 Å². The Kier molecular flexibility index (Phi) is 3.50. The zero-order valence-electron chi connectivity index (χ0n) is 9.08. The zero-order valence-corrected chi connectivity index (χ0v) is 9.08. The maximum Gasteiger partial charge on any atom is 0.323 e. The summed E-state index contributed by atoms with van der Waals surface area (Å²) in [4.78, 5) is 11.3. The molecule has 1 rings (SSSR count). The van der Waals surface area contributed by atoms with E-state index in [1.165, 1.54) is 7.11 Å². The number of methoxy groups -OCH3 is 1. The number of hydrogen-bond donors (Lipinski definition) is 1. The van der Waals surface area contributed by atoms with Gasteiger partial charge in [-0.3, -0.25) is 4.79 Å². The van der Waals surface area contributed by atoms with Crippen molar-refractivity contribution >= 4 is 5.97 Å². The molecule has 0 aromatic rings. The van der Waals surface area contributed by atoms with E-state index in [4.69, 9.17) is 10.5 Å². The number of ether oxygens (including phenoxy) is 2. The third-order valence-corrected chi connectivity index (χ3v) is 3.24. The van der Waals surface area contributed by atoms with Crippen LogP contribution in [0.4, 0.5) is 0 Å². The van der Waals surface area contributed by atoms with Crippen molar-refractivity contribution in [1.29, 1.82) is 0 Å². The summed E-state index contributed by atoms with van der Waals surface area (Å²) >= 11 is 0. The fraction of sp³-hybridized carbons (Fsp3) is 0.900. The minimum absolute atomic E-state index is 0.260. The van der Waals surface area contributed by atoms with Crippen LogP contribution in [-0.2, 0) is 14.3 Å². The summed E-state index contributed by atoms with van der Waals surface area (Å²) in [5, 5.41) is 0. The van der Waals surface area contributed by atoms with Crippen LogP contribution in [0.25, 0.3) is 0 Å². The lowest BCUT2D eigenvalue weighted by molar-refractivity contribution is -0.146. The Bertz CT molecular complexity index is 209. The highest BCUT2D eigenvalue weighted by Gasteiger charge is 2.41. The molecule has 82 valence electrons. The second kappa shape index (κ2) is 4.28. The van der Waals surface area contributed by atoms with Gasteiger partial charge in [-0.1, -0.05) is 13.8 Å². The summed E-state index contributed by atoms with van der Waals surface area (Å²) in [6.07, 6.45) is 0.970. The van der Waals surface area contributed by atoms with Crippen molar-refractivity contribution in [1.82, 2.24) is 0 Å². The highest BCUT2D eigenvalue weighted by atomic mass is 16.5. The van der Waals surface area contributed by atoms with E-state index in [0.717, 1.165) is 13.0 Å². The Morgan fingerprint density at radius 3 is 2.71 bits per heavy atom. The smallest absolute Gasteiger partial charge is 0.323 e. The lowest BCUT2D eigenvalue weighted by Crippen LogP contribution is -2.48. The van der Waals surface area contributed by atoms with Crippen LogP contribution in [0.3, 0.4) is 0 Å². The number of hydrogen-bond acceptors (Lipinski definition) is 4. The van der Waals surface area contributed by atoms with Gasteiger partial charge in [-0.2, -0.15) is 0 Å². The van der Waals surface area contributed by atoms with Gasteiger partial charge in [0.2, 0.25) is 0 Å². The Morgan fingerprint density at radius 1 is 1.64 bits per heavy atom. The quantitative estimate of drug-likeness (QED) is 0.677. The first kappa shape index (κ1) is 11.5. The van der Waals surface area contributed by atoms with Gasteiger partial charge in [0.05, 0.1) is 13.7 Å².